The second-order valence-electron chi connectivity index (χ2n) is 7.58. The zero-order chi connectivity index (χ0) is 23.2. The molecular formula is C27H25NO5. The maximum absolute atomic E-state index is 12.9. The van der Waals surface area contributed by atoms with Crippen LogP contribution in [0.1, 0.15) is 30.1 Å². The molecule has 0 aliphatic rings. The lowest BCUT2D eigenvalue weighted by Gasteiger charge is -2.13. The van der Waals surface area contributed by atoms with Crippen molar-refractivity contribution >= 4 is 22.6 Å². The number of carbonyl (C=O) groups excluding carboxylic acids is 1. The third-order valence-corrected chi connectivity index (χ3v) is 5.28. The Bertz CT molecular complexity index is 1320. The number of methoxy groups -OCH3 is 1. The monoisotopic (exact) mass is 443 g/mol. The number of hydrogen-bond acceptors (Lipinski definition) is 5. The van der Waals surface area contributed by atoms with E-state index in [1.165, 1.54) is 7.11 Å². The van der Waals surface area contributed by atoms with Gasteiger partial charge in [-0.3, -0.25) is 4.79 Å². The van der Waals surface area contributed by atoms with Crippen LogP contribution in [0.25, 0.3) is 22.1 Å². The first-order valence-electron chi connectivity index (χ1n) is 10.8. The van der Waals surface area contributed by atoms with Gasteiger partial charge in [0, 0.05) is 10.9 Å². The van der Waals surface area contributed by atoms with Gasteiger partial charge in [0.15, 0.2) is 0 Å². The number of para-hydroxylation sites is 1. The summed E-state index contributed by atoms with van der Waals surface area (Å²) in [7, 11) is 1.53. The van der Waals surface area contributed by atoms with Crippen LogP contribution in [0.5, 0.6) is 11.5 Å². The minimum atomic E-state index is -0.449. The van der Waals surface area contributed by atoms with Crippen molar-refractivity contribution < 1.29 is 18.7 Å². The summed E-state index contributed by atoms with van der Waals surface area (Å²) in [4.78, 5) is 25.4. The first kappa shape index (κ1) is 22.1. The lowest BCUT2D eigenvalue weighted by atomic mass is 10.0. The molecule has 6 heteroatoms. The van der Waals surface area contributed by atoms with Gasteiger partial charge in [-0.2, -0.15) is 0 Å². The van der Waals surface area contributed by atoms with E-state index in [-0.39, 0.29) is 5.91 Å². The van der Waals surface area contributed by atoms with Gasteiger partial charge in [0.05, 0.1) is 25.0 Å². The average Bonchev–Trinajstić information content (AvgIpc) is 2.84. The fourth-order valence-corrected chi connectivity index (χ4v) is 3.47. The molecule has 1 N–H and O–H groups in total. The summed E-state index contributed by atoms with van der Waals surface area (Å²) in [5.41, 5.74) is 2.03. The van der Waals surface area contributed by atoms with Gasteiger partial charge >= 0.3 is 5.63 Å². The van der Waals surface area contributed by atoms with Crippen molar-refractivity contribution in [1.82, 2.24) is 0 Å². The Morgan fingerprint density at radius 1 is 1.00 bits per heavy atom. The quantitative estimate of drug-likeness (QED) is 0.271. The number of unbranched alkanes of at least 4 members (excludes halogenated alkanes) is 1. The molecule has 1 amide bonds. The van der Waals surface area contributed by atoms with Crippen LogP contribution in [-0.2, 0) is 0 Å². The van der Waals surface area contributed by atoms with Gasteiger partial charge in [0.1, 0.15) is 17.1 Å². The second-order valence-corrected chi connectivity index (χ2v) is 7.58. The Kier molecular flexibility index (Phi) is 6.74. The normalized spacial score (nSPS) is 10.7. The summed E-state index contributed by atoms with van der Waals surface area (Å²) in [6.07, 6.45) is 2.04. The highest BCUT2D eigenvalue weighted by Crippen LogP contribution is 2.31. The number of rotatable bonds is 8. The van der Waals surface area contributed by atoms with Crippen LogP contribution in [0.15, 0.2) is 82.0 Å². The van der Waals surface area contributed by atoms with Gasteiger partial charge in [-0.1, -0.05) is 37.6 Å². The van der Waals surface area contributed by atoms with E-state index in [9.17, 15) is 9.59 Å². The van der Waals surface area contributed by atoms with Gasteiger partial charge in [-0.05, 0) is 60.5 Å². The summed E-state index contributed by atoms with van der Waals surface area (Å²) in [5.74, 6) is 0.913. The highest BCUT2D eigenvalue weighted by atomic mass is 16.5. The molecule has 6 nitrogen and oxygen atoms in total. The lowest BCUT2D eigenvalue weighted by Crippen LogP contribution is -2.13. The van der Waals surface area contributed by atoms with Crippen LogP contribution >= 0.6 is 0 Å². The number of hydrogen-bond donors (Lipinski definition) is 1. The minimum Gasteiger partial charge on any atom is -0.495 e. The molecular weight excluding hydrogens is 418 g/mol. The number of nitrogens with one attached hydrogen (secondary N) is 1. The van der Waals surface area contributed by atoms with Crippen LogP contribution in [0.4, 0.5) is 5.69 Å². The molecule has 4 rings (SSSR count). The average molecular weight is 443 g/mol. The number of ether oxygens (including phenoxy) is 2. The van der Waals surface area contributed by atoms with Crippen LogP contribution in [0.2, 0.25) is 0 Å². The summed E-state index contributed by atoms with van der Waals surface area (Å²) in [6.45, 7) is 2.75. The number of carbonyl (C=O) groups is 1. The summed E-state index contributed by atoms with van der Waals surface area (Å²) < 4.78 is 16.5. The largest absolute Gasteiger partial charge is 0.495 e. The van der Waals surface area contributed by atoms with Crippen LogP contribution < -0.4 is 20.4 Å². The Balaban J connectivity index is 1.59. The first-order chi connectivity index (χ1) is 16.1. The molecule has 0 spiro atoms. The number of fused-ring (bicyclic) bond motifs is 1. The number of anilines is 1. The maximum Gasteiger partial charge on any atom is 0.344 e. The Morgan fingerprint density at radius 3 is 2.55 bits per heavy atom. The van der Waals surface area contributed by atoms with E-state index < -0.39 is 5.63 Å². The third-order valence-electron chi connectivity index (χ3n) is 5.28. The van der Waals surface area contributed by atoms with Crippen molar-refractivity contribution in [2.75, 3.05) is 19.0 Å². The van der Waals surface area contributed by atoms with Gasteiger partial charge in [-0.25, -0.2) is 4.79 Å². The molecule has 33 heavy (non-hydrogen) atoms. The SMILES string of the molecule is CCCCOc1ccc(C(=O)Nc2cc(-c3cc4ccccc4oc3=O)ccc2OC)cc1. The standard InChI is InChI=1S/C27H25NO5/c1-3-4-15-32-21-12-9-18(10-13-21)26(29)28-23-17-19(11-14-25(23)31-2)22-16-20-7-5-6-8-24(20)33-27(22)30/h5-14,16-17H,3-4,15H2,1-2H3,(H,28,29). The van der Waals surface area contributed by atoms with E-state index in [1.54, 1.807) is 54.6 Å². The van der Waals surface area contributed by atoms with Crippen molar-refractivity contribution in [3.63, 3.8) is 0 Å². The minimum absolute atomic E-state index is 0.295. The summed E-state index contributed by atoms with van der Waals surface area (Å²) in [6, 6.07) is 21.3. The second kappa shape index (κ2) is 10.0. The van der Waals surface area contributed by atoms with E-state index in [1.807, 2.05) is 18.2 Å². The van der Waals surface area contributed by atoms with Crippen molar-refractivity contribution in [1.29, 1.82) is 0 Å². The molecule has 0 saturated carbocycles. The molecule has 0 fully saturated rings. The molecule has 168 valence electrons. The molecule has 0 atom stereocenters. The van der Waals surface area contributed by atoms with Crippen LogP contribution in [0, 0.1) is 0 Å². The topological polar surface area (TPSA) is 77.8 Å². The zero-order valence-corrected chi connectivity index (χ0v) is 18.6. The predicted octanol–water partition coefficient (Wildman–Crippen LogP) is 5.90. The van der Waals surface area contributed by atoms with Crippen molar-refractivity contribution in [2.45, 2.75) is 19.8 Å². The number of benzene rings is 3. The summed E-state index contributed by atoms with van der Waals surface area (Å²) >= 11 is 0. The molecule has 1 aromatic heterocycles. The highest BCUT2D eigenvalue weighted by molar-refractivity contribution is 6.05. The molecule has 0 bridgehead atoms. The van der Waals surface area contributed by atoms with Crippen LogP contribution in [-0.4, -0.2) is 19.6 Å². The molecule has 0 aliphatic carbocycles. The van der Waals surface area contributed by atoms with Gasteiger partial charge in [-0.15, -0.1) is 0 Å². The zero-order valence-electron chi connectivity index (χ0n) is 18.6. The molecule has 0 unspecified atom stereocenters. The number of amides is 1. The maximum atomic E-state index is 12.9. The Morgan fingerprint density at radius 2 is 1.79 bits per heavy atom. The Labute approximate surface area is 191 Å². The fraction of sp³-hybridized carbons (Fsp3) is 0.185. The smallest absolute Gasteiger partial charge is 0.344 e. The van der Waals surface area contributed by atoms with E-state index in [0.29, 0.717) is 40.3 Å². The van der Waals surface area contributed by atoms with Gasteiger partial charge < -0.3 is 19.2 Å². The third kappa shape index (κ3) is 5.06. The van der Waals surface area contributed by atoms with Crippen LogP contribution in [0.3, 0.4) is 0 Å². The molecule has 0 radical (unpaired) electrons. The van der Waals surface area contributed by atoms with Crippen molar-refractivity contribution in [3.8, 4) is 22.6 Å². The van der Waals surface area contributed by atoms with E-state index in [4.69, 9.17) is 13.9 Å². The lowest BCUT2D eigenvalue weighted by molar-refractivity contribution is 0.102. The van der Waals surface area contributed by atoms with E-state index >= 15 is 0 Å². The molecule has 0 saturated heterocycles. The van der Waals surface area contributed by atoms with Crippen molar-refractivity contribution in [3.05, 3.63) is 88.8 Å². The summed E-state index contributed by atoms with van der Waals surface area (Å²) in [5, 5.41) is 3.69. The molecule has 4 aromatic rings. The van der Waals surface area contributed by atoms with Gasteiger partial charge in [0.2, 0.25) is 0 Å². The fourth-order valence-electron chi connectivity index (χ4n) is 3.47. The van der Waals surface area contributed by atoms with E-state index in [0.717, 1.165) is 24.0 Å². The first-order valence-corrected chi connectivity index (χ1v) is 10.8. The molecule has 0 aliphatic heterocycles. The highest BCUT2D eigenvalue weighted by Gasteiger charge is 2.14. The molecule has 3 aromatic carbocycles. The Hall–Kier alpha value is -4.06. The van der Waals surface area contributed by atoms with Crippen molar-refractivity contribution in [2.24, 2.45) is 0 Å². The predicted molar refractivity (Wildman–Crippen MR) is 129 cm³/mol. The molecule has 1 heterocycles. The van der Waals surface area contributed by atoms with E-state index in [2.05, 4.69) is 12.2 Å². The van der Waals surface area contributed by atoms with Gasteiger partial charge in [0.25, 0.3) is 5.91 Å².